The largest absolute Gasteiger partial charge is 0.330 e. The summed E-state index contributed by atoms with van der Waals surface area (Å²) in [5.41, 5.74) is 5.58. The van der Waals surface area contributed by atoms with E-state index in [1.807, 2.05) is 0 Å². The molecule has 2 fully saturated rings. The van der Waals surface area contributed by atoms with Gasteiger partial charge < -0.3 is 10.6 Å². The second-order valence-electron chi connectivity index (χ2n) is 6.14. The summed E-state index contributed by atoms with van der Waals surface area (Å²) in [5, 5.41) is 0. The van der Waals surface area contributed by atoms with Crippen LogP contribution in [-0.4, -0.2) is 37.0 Å². The van der Waals surface area contributed by atoms with Crippen molar-refractivity contribution in [2.75, 3.05) is 26.2 Å². The van der Waals surface area contributed by atoms with Gasteiger partial charge in [-0.3, -0.25) is 0 Å². The van der Waals surface area contributed by atoms with Crippen LogP contribution < -0.4 is 5.73 Å². The highest BCUT2D eigenvalue weighted by molar-refractivity contribution is 4.82. The molecule has 0 aromatic carbocycles. The minimum atomic E-state index is -2.40. The second-order valence-corrected chi connectivity index (χ2v) is 6.14. The molecule has 18 heavy (non-hydrogen) atoms. The Morgan fingerprint density at radius 2 is 1.83 bits per heavy atom. The number of piperidine rings is 1. The van der Waals surface area contributed by atoms with Crippen molar-refractivity contribution in [1.82, 2.24) is 4.90 Å². The lowest BCUT2D eigenvalue weighted by molar-refractivity contribution is -0.0579. The molecule has 1 heterocycles. The maximum atomic E-state index is 13.3. The van der Waals surface area contributed by atoms with Gasteiger partial charge in [0.25, 0.3) is 0 Å². The molecular formula is C14H26F2N2. The zero-order valence-corrected chi connectivity index (χ0v) is 11.2. The van der Waals surface area contributed by atoms with E-state index in [-0.39, 0.29) is 18.8 Å². The number of likely N-dealkylation sites (tertiary alicyclic amines) is 1. The monoisotopic (exact) mass is 260 g/mol. The highest BCUT2D eigenvalue weighted by Gasteiger charge is 2.36. The molecular weight excluding hydrogens is 234 g/mol. The normalized spacial score (nSPS) is 30.5. The number of rotatable bonds is 4. The third-order valence-corrected chi connectivity index (χ3v) is 4.54. The Morgan fingerprint density at radius 1 is 1.11 bits per heavy atom. The zero-order chi connectivity index (χ0) is 13.0. The SMILES string of the molecule is NCCC1CCN(CC2CCCC(F)(F)C2)CC1. The van der Waals surface area contributed by atoms with Gasteiger partial charge in [0.2, 0.25) is 5.92 Å². The van der Waals surface area contributed by atoms with Gasteiger partial charge in [0.15, 0.2) is 0 Å². The number of nitrogens with zero attached hydrogens (tertiary/aromatic N) is 1. The molecule has 0 aromatic rings. The van der Waals surface area contributed by atoms with Crippen molar-refractivity contribution in [3.8, 4) is 0 Å². The van der Waals surface area contributed by atoms with Crippen molar-refractivity contribution >= 4 is 0 Å². The first-order valence-electron chi connectivity index (χ1n) is 7.39. The molecule has 0 bridgehead atoms. The van der Waals surface area contributed by atoms with Crippen LogP contribution in [0.3, 0.4) is 0 Å². The van der Waals surface area contributed by atoms with E-state index in [9.17, 15) is 8.78 Å². The van der Waals surface area contributed by atoms with Gasteiger partial charge in [0, 0.05) is 19.4 Å². The minimum absolute atomic E-state index is 0.0993. The highest BCUT2D eigenvalue weighted by Crippen LogP contribution is 2.37. The van der Waals surface area contributed by atoms with Crippen LogP contribution in [0.4, 0.5) is 8.78 Å². The first-order valence-corrected chi connectivity index (χ1v) is 7.39. The van der Waals surface area contributed by atoms with E-state index < -0.39 is 5.92 Å². The molecule has 1 aliphatic carbocycles. The van der Waals surface area contributed by atoms with E-state index in [1.165, 1.54) is 12.8 Å². The summed E-state index contributed by atoms with van der Waals surface area (Å²) >= 11 is 0. The maximum Gasteiger partial charge on any atom is 0.248 e. The van der Waals surface area contributed by atoms with Gasteiger partial charge in [-0.1, -0.05) is 0 Å². The van der Waals surface area contributed by atoms with Crippen LogP contribution >= 0.6 is 0 Å². The van der Waals surface area contributed by atoms with Gasteiger partial charge in [-0.25, -0.2) is 8.78 Å². The van der Waals surface area contributed by atoms with Gasteiger partial charge in [-0.05, 0) is 63.6 Å². The third-order valence-electron chi connectivity index (χ3n) is 4.54. The fourth-order valence-electron chi connectivity index (χ4n) is 3.49. The minimum Gasteiger partial charge on any atom is -0.330 e. The number of halogens is 2. The molecule has 1 unspecified atom stereocenters. The molecule has 4 heteroatoms. The van der Waals surface area contributed by atoms with Crippen LogP contribution in [0.25, 0.3) is 0 Å². The van der Waals surface area contributed by atoms with Gasteiger partial charge in [-0.2, -0.15) is 0 Å². The summed E-state index contributed by atoms with van der Waals surface area (Å²) in [6.45, 7) is 3.81. The van der Waals surface area contributed by atoms with Crippen molar-refractivity contribution in [2.24, 2.45) is 17.6 Å². The summed E-state index contributed by atoms with van der Waals surface area (Å²) in [7, 11) is 0. The van der Waals surface area contributed by atoms with Gasteiger partial charge in [-0.15, -0.1) is 0 Å². The Bertz CT molecular complexity index is 250. The number of hydrogen-bond acceptors (Lipinski definition) is 2. The van der Waals surface area contributed by atoms with E-state index in [4.69, 9.17) is 5.73 Å². The standard InChI is InChI=1S/C14H26F2N2/c15-14(16)6-1-2-13(10-14)11-18-8-4-12(3-7-17)5-9-18/h12-13H,1-11,17H2. The average Bonchev–Trinajstić information content (AvgIpc) is 2.31. The second kappa shape index (κ2) is 6.29. The predicted molar refractivity (Wildman–Crippen MR) is 69.7 cm³/mol. The topological polar surface area (TPSA) is 29.3 Å². The fourth-order valence-corrected chi connectivity index (χ4v) is 3.49. The first kappa shape index (κ1) is 14.2. The molecule has 0 radical (unpaired) electrons. The average molecular weight is 260 g/mol. The van der Waals surface area contributed by atoms with Crippen molar-refractivity contribution in [3.63, 3.8) is 0 Å². The Morgan fingerprint density at radius 3 is 2.44 bits per heavy atom. The van der Waals surface area contributed by atoms with Gasteiger partial charge in [0.1, 0.15) is 0 Å². The molecule has 2 rings (SSSR count). The van der Waals surface area contributed by atoms with Crippen LogP contribution in [0.2, 0.25) is 0 Å². The summed E-state index contributed by atoms with van der Waals surface area (Å²) in [4.78, 5) is 2.39. The number of alkyl halides is 2. The van der Waals surface area contributed by atoms with Crippen LogP contribution in [-0.2, 0) is 0 Å². The molecule has 0 aromatic heterocycles. The highest BCUT2D eigenvalue weighted by atomic mass is 19.3. The van der Waals surface area contributed by atoms with E-state index in [0.29, 0.717) is 6.42 Å². The first-order chi connectivity index (χ1) is 8.59. The van der Waals surface area contributed by atoms with Crippen molar-refractivity contribution in [2.45, 2.75) is 50.9 Å². The molecule has 1 atom stereocenters. The van der Waals surface area contributed by atoms with Crippen molar-refractivity contribution in [1.29, 1.82) is 0 Å². The Hall–Kier alpha value is -0.220. The molecule has 2 nitrogen and oxygen atoms in total. The zero-order valence-electron chi connectivity index (χ0n) is 11.2. The van der Waals surface area contributed by atoms with Gasteiger partial charge >= 0.3 is 0 Å². The quantitative estimate of drug-likeness (QED) is 0.842. The molecule has 1 saturated carbocycles. The van der Waals surface area contributed by atoms with E-state index in [2.05, 4.69) is 4.90 Å². The van der Waals surface area contributed by atoms with Gasteiger partial charge in [0.05, 0.1) is 0 Å². The van der Waals surface area contributed by atoms with E-state index in [1.54, 1.807) is 0 Å². The molecule has 2 N–H and O–H groups in total. The Kier molecular flexibility index (Phi) is 4.96. The molecule has 2 aliphatic rings. The summed E-state index contributed by atoms with van der Waals surface area (Å²) in [5.74, 6) is -1.43. The third kappa shape index (κ3) is 4.16. The number of nitrogens with two attached hydrogens (primary N) is 1. The summed E-state index contributed by atoms with van der Waals surface area (Å²) in [6, 6.07) is 0. The lowest BCUT2D eigenvalue weighted by Gasteiger charge is -2.36. The van der Waals surface area contributed by atoms with Crippen molar-refractivity contribution in [3.05, 3.63) is 0 Å². The van der Waals surface area contributed by atoms with Crippen LogP contribution in [0.5, 0.6) is 0 Å². The fraction of sp³-hybridized carbons (Fsp3) is 1.00. The smallest absolute Gasteiger partial charge is 0.248 e. The Balaban J connectivity index is 1.71. The molecule has 1 aliphatic heterocycles. The summed E-state index contributed by atoms with van der Waals surface area (Å²) < 4.78 is 26.7. The van der Waals surface area contributed by atoms with E-state index >= 15 is 0 Å². The van der Waals surface area contributed by atoms with E-state index in [0.717, 1.165) is 44.9 Å². The number of hydrogen-bond donors (Lipinski definition) is 1. The van der Waals surface area contributed by atoms with Crippen LogP contribution in [0, 0.1) is 11.8 Å². The molecule has 1 saturated heterocycles. The Labute approximate surface area is 109 Å². The molecule has 0 amide bonds. The lowest BCUT2D eigenvalue weighted by atomic mass is 9.85. The van der Waals surface area contributed by atoms with Crippen LogP contribution in [0.15, 0.2) is 0 Å². The lowest BCUT2D eigenvalue weighted by Crippen LogP contribution is -2.40. The van der Waals surface area contributed by atoms with Crippen molar-refractivity contribution < 1.29 is 8.78 Å². The molecule has 0 spiro atoms. The van der Waals surface area contributed by atoms with Crippen LogP contribution in [0.1, 0.15) is 44.9 Å². The maximum absolute atomic E-state index is 13.3. The summed E-state index contributed by atoms with van der Waals surface area (Å²) in [6.07, 6.45) is 5.40. The predicted octanol–water partition coefficient (Wildman–Crippen LogP) is 2.87. The molecule has 106 valence electrons.